The largest absolute Gasteiger partial charge is 0.496 e. The number of methoxy groups -OCH3 is 1. The van der Waals surface area contributed by atoms with Crippen LogP contribution in [0.25, 0.3) is 0 Å². The summed E-state index contributed by atoms with van der Waals surface area (Å²) in [7, 11) is 3.45. The third-order valence-corrected chi connectivity index (χ3v) is 5.06. The Labute approximate surface area is 170 Å². The van der Waals surface area contributed by atoms with Crippen molar-refractivity contribution in [2.75, 3.05) is 25.7 Å². The molecule has 2 aromatic carbocycles. The van der Waals surface area contributed by atoms with Gasteiger partial charge in [0.25, 0.3) is 5.91 Å². The van der Waals surface area contributed by atoms with Gasteiger partial charge in [-0.25, -0.2) is 9.69 Å². The highest BCUT2D eigenvalue weighted by Gasteiger charge is 2.43. The zero-order chi connectivity index (χ0) is 20.4. The Hall–Kier alpha value is -2.57. The molecule has 0 bridgehead atoms. The van der Waals surface area contributed by atoms with Crippen molar-refractivity contribution < 1.29 is 14.3 Å². The van der Waals surface area contributed by atoms with Crippen LogP contribution < -0.4 is 9.64 Å². The molecule has 2 aromatic rings. The Morgan fingerprint density at radius 1 is 1.14 bits per heavy atom. The van der Waals surface area contributed by atoms with Gasteiger partial charge in [-0.15, -0.1) is 0 Å². The number of nitrogens with zero attached hydrogens (tertiary/aromatic N) is 3. The van der Waals surface area contributed by atoms with Crippen LogP contribution in [0, 0.1) is 6.92 Å². The maximum Gasteiger partial charge on any atom is 0.333 e. The predicted molar refractivity (Wildman–Crippen MR) is 110 cm³/mol. The molecule has 1 heterocycles. The average molecular weight is 402 g/mol. The molecule has 3 amide bonds. The van der Waals surface area contributed by atoms with Gasteiger partial charge in [0.1, 0.15) is 11.8 Å². The lowest BCUT2D eigenvalue weighted by molar-refractivity contribution is -0.128. The van der Waals surface area contributed by atoms with Crippen molar-refractivity contribution in [3.05, 3.63) is 58.6 Å². The summed E-state index contributed by atoms with van der Waals surface area (Å²) in [4.78, 5) is 30.4. The van der Waals surface area contributed by atoms with Crippen molar-refractivity contribution in [3.63, 3.8) is 0 Å². The minimum atomic E-state index is -0.538. The van der Waals surface area contributed by atoms with Gasteiger partial charge in [-0.3, -0.25) is 14.6 Å². The molecule has 7 heteroatoms. The number of rotatable bonds is 6. The molecule has 0 unspecified atom stereocenters. The highest BCUT2D eigenvalue weighted by molar-refractivity contribution is 6.30. The predicted octanol–water partition coefficient (Wildman–Crippen LogP) is 3.90. The highest BCUT2D eigenvalue weighted by Crippen LogP contribution is 2.27. The molecular weight excluding hydrogens is 378 g/mol. The van der Waals surface area contributed by atoms with Crippen LogP contribution >= 0.6 is 11.6 Å². The number of aryl methyl sites for hydroxylation is 1. The van der Waals surface area contributed by atoms with Gasteiger partial charge in [-0.05, 0) is 51.2 Å². The van der Waals surface area contributed by atoms with Crippen LogP contribution in [0.1, 0.15) is 18.1 Å². The van der Waals surface area contributed by atoms with Gasteiger partial charge in [0.2, 0.25) is 0 Å². The van der Waals surface area contributed by atoms with Crippen LogP contribution in [0.15, 0.2) is 42.5 Å². The summed E-state index contributed by atoms with van der Waals surface area (Å²) in [5.41, 5.74) is 2.71. The number of imide groups is 1. The fraction of sp³-hybridized carbons (Fsp3) is 0.333. The fourth-order valence-corrected chi connectivity index (χ4v) is 3.54. The third-order valence-electron chi connectivity index (χ3n) is 4.83. The molecular formula is C21H24ClN3O3. The smallest absolute Gasteiger partial charge is 0.333 e. The second-order valence-corrected chi connectivity index (χ2v) is 7.48. The zero-order valence-electron chi connectivity index (χ0n) is 16.5. The lowest BCUT2D eigenvalue weighted by Gasteiger charge is -2.24. The second kappa shape index (κ2) is 8.20. The van der Waals surface area contributed by atoms with Crippen molar-refractivity contribution in [3.8, 4) is 5.75 Å². The third kappa shape index (κ3) is 3.98. The molecule has 0 saturated carbocycles. The van der Waals surface area contributed by atoms with E-state index in [4.69, 9.17) is 16.3 Å². The van der Waals surface area contributed by atoms with E-state index in [1.54, 1.807) is 26.2 Å². The topological polar surface area (TPSA) is 53.1 Å². The average Bonchev–Trinajstić information content (AvgIpc) is 2.86. The van der Waals surface area contributed by atoms with E-state index in [1.807, 2.05) is 49.2 Å². The van der Waals surface area contributed by atoms with Crippen molar-refractivity contribution in [1.82, 2.24) is 9.80 Å². The van der Waals surface area contributed by atoms with Gasteiger partial charge in [0.05, 0.1) is 13.8 Å². The minimum absolute atomic E-state index is 0.181. The molecule has 1 saturated heterocycles. The first kappa shape index (κ1) is 20.2. The maximum atomic E-state index is 12.9. The Morgan fingerprint density at radius 3 is 2.46 bits per heavy atom. The Kier molecular flexibility index (Phi) is 5.91. The maximum absolute atomic E-state index is 12.9. The van der Waals surface area contributed by atoms with Crippen molar-refractivity contribution in [1.29, 1.82) is 0 Å². The monoisotopic (exact) mass is 401 g/mol. The molecule has 1 aliphatic heterocycles. The zero-order valence-corrected chi connectivity index (χ0v) is 17.2. The van der Waals surface area contributed by atoms with Crippen LogP contribution in [0.5, 0.6) is 5.75 Å². The molecule has 148 valence electrons. The van der Waals surface area contributed by atoms with E-state index in [1.165, 1.54) is 9.80 Å². The Morgan fingerprint density at radius 2 is 1.82 bits per heavy atom. The van der Waals surface area contributed by atoms with Crippen LogP contribution in [0.2, 0.25) is 5.02 Å². The summed E-state index contributed by atoms with van der Waals surface area (Å²) in [6.07, 6.45) is 0. The number of anilines is 1. The molecule has 1 atom stereocenters. The number of carbonyl (C=O) groups is 2. The molecule has 0 radical (unpaired) electrons. The molecule has 1 fully saturated rings. The van der Waals surface area contributed by atoms with E-state index >= 15 is 0 Å². The summed E-state index contributed by atoms with van der Waals surface area (Å²) in [6.45, 7) is 4.40. The molecule has 0 spiro atoms. The fourth-order valence-electron chi connectivity index (χ4n) is 3.35. The van der Waals surface area contributed by atoms with E-state index < -0.39 is 6.04 Å². The number of hydrogen-bond acceptors (Lipinski definition) is 4. The molecule has 0 aliphatic carbocycles. The molecule has 28 heavy (non-hydrogen) atoms. The summed E-state index contributed by atoms with van der Waals surface area (Å²) >= 11 is 6.09. The summed E-state index contributed by atoms with van der Waals surface area (Å²) in [5.74, 6) is 0.500. The first-order chi connectivity index (χ1) is 13.3. The normalized spacial score (nSPS) is 17.0. The number of hydrogen-bond donors (Lipinski definition) is 0. The van der Waals surface area contributed by atoms with E-state index in [0.717, 1.165) is 16.8 Å². The number of carbonyl (C=O) groups excluding carboxylic acids is 2. The van der Waals surface area contributed by atoms with E-state index in [-0.39, 0.29) is 18.6 Å². The van der Waals surface area contributed by atoms with E-state index in [2.05, 4.69) is 0 Å². The summed E-state index contributed by atoms with van der Waals surface area (Å²) in [5, 5.41) is 0.608. The lowest BCUT2D eigenvalue weighted by Crippen LogP contribution is -2.40. The van der Waals surface area contributed by atoms with Gasteiger partial charge in [-0.2, -0.15) is 0 Å². The number of ether oxygens (including phenoxy) is 1. The van der Waals surface area contributed by atoms with Gasteiger partial charge in [0.15, 0.2) is 0 Å². The molecule has 1 aliphatic rings. The van der Waals surface area contributed by atoms with Gasteiger partial charge >= 0.3 is 6.03 Å². The second-order valence-electron chi connectivity index (χ2n) is 7.04. The molecule has 3 rings (SSSR count). The Balaban J connectivity index is 1.75. The van der Waals surface area contributed by atoms with Gasteiger partial charge in [0, 0.05) is 22.8 Å². The van der Waals surface area contributed by atoms with Crippen molar-refractivity contribution >= 4 is 29.2 Å². The summed E-state index contributed by atoms with van der Waals surface area (Å²) < 4.78 is 5.37. The first-order valence-corrected chi connectivity index (χ1v) is 9.42. The first-order valence-electron chi connectivity index (χ1n) is 9.04. The molecule has 0 aromatic heterocycles. The van der Waals surface area contributed by atoms with E-state index in [9.17, 15) is 9.59 Å². The quantitative estimate of drug-likeness (QED) is 0.689. The number of halogens is 1. The van der Waals surface area contributed by atoms with Crippen LogP contribution in [-0.4, -0.2) is 48.6 Å². The Bertz CT molecular complexity index is 885. The van der Waals surface area contributed by atoms with Crippen LogP contribution in [0.3, 0.4) is 0 Å². The summed E-state index contributed by atoms with van der Waals surface area (Å²) in [6, 6.07) is 12.1. The number of benzene rings is 2. The standard InChI is InChI=1S/C21H24ClN3O3/c1-14-5-8-18(9-6-14)25-15(2)20(26)24(21(25)27)13-23(3)12-16-11-17(22)7-10-19(16)28-4/h5-11,15H,12-13H2,1-4H3/t15-/m1/s1. The lowest BCUT2D eigenvalue weighted by atomic mass is 10.2. The van der Waals surface area contributed by atoms with Gasteiger partial charge in [-0.1, -0.05) is 29.3 Å². The minimum Gasteiger partial charge on any atom is -0.496 e. The number of amides is 3. The highest BCUT2D eigenvalue weighted by atomic mass is 35.5. The molecule has 0 N–H and O–H groups in total. The van der Waals surface area contributed by atoms with Crippen LogP contribution in [0.4, 0.5) is 10.5 Å². The van der Waals surface area contributed by atoms with E-state index in [0.29, 0.717) is 17.3 Å². The SMILES string of the molecule is COc1ccc(Cl)cc1CN(C)CN1C(=O)[C@@H](C)N(c2ccc(C)cc2)C1=O. The van der Waals surface area contributed by atoms with Crippen LogP contribution in [-0.2, 0) is 11.3 Å². The van der Waals surface area contributed by atoms with Crippen molar-refractivity contribution in [2.24, 2.45) is 0 Å². The number of urea groups is 1. The van der Waals surface area contributed by atoms with Crippen molar-refractivity contribution in [2.45, 2.75) is 26.4 Å². The van der Waals surface area contributed by atoms with Gasteiger partial charge < -0.3 is 4.74 Å². The molecule has 6 nitrogen and oxygen atoms in total.